The Bertz CT molecular complexity index is 795. The Morgan fingerprint density at radius 2 is 2.10 bits per heavy atom. The van der Waals surface area contributed by atoms with Gasteiger partial charge in [-0.1, -0.05) is 0 Å². The molecule has 0 atom stereocenters. The van der Waals surface area contributed by atoms with Crippen LogP contribution in [0.5, 0.6) is 0 Å². The number of aldehydes is 1. The third-order valence-corrected chi connectivity index (χ3v) is 5.06. The van der Waals surface area contributed by atoms with Crippen molar-refractivity contribution >= 4 is 27.8 Å². The molecule has 0 unspecified atom stereocenters. The first-order valence-electron chi connectivity index (χ1n) is 6.32. The van der Waals surface area contributed by atoms with Gasteiger partial charge in [0.05, 0.1) is 16.4 Å². The lowest BCUT2D eigenvalue weighted by Gasteiger charge is -2.34. The zero-order valence-corrected chi connectivity index (χ0v) is 12.0. The van der Waals surface area contributed by atoms with Gasteiger partial charge in [-0.2, -0.15) is 0 Å². The molecule has 3 rings (SSSR count). The Balaban J connectivity index is 2.19. The minimum Gasteiger partial charge on any atom is -0.381 e. The number of H-pyrrole nitrogens is 1. The van der Waals surface area contributed by atoms with E-state index in [0.29, 0.717) is 39.8 Å². The van der Waals surface area contributed by atoms with E-state index in [4.69, 9.17) is 4.74 Å². The molecule has 0 amide bonds. The van der Waals surface area contributed by atoms with Crippen molar-refractivity contribution in [1.82, 2.24) is 9.55 Å². The maximum atomic E-state index is 12.5. The predicted octanol–water partition coefficient (Wildman–Crippen LogP) is 1.22. The molecule has 20 heavy (non-hydrogen) atoms. The van der Waals surface area contributed by atoms with E-state index in [0.717, 1.165) is 11.3 Å². The SMILES string of the molecule is COC1CC(n2c(=O)[nH]c3sc(C=O)c(C)c3c2=O)C1. The second kappa shape index (κ2) is 4.68. The van der Waals surface area contributed by atoms with Gasteiger partial charge in [0.2, 0.25) is 0 Å². The maximum absolute atomic E-state index is 12.5. The molecule has 0 radical (unpaired) electrons. The van der Waals surface area contributed by atoms with Gasteiger partial charge in [-0.3, -0.25) is 19.1 Å². The van der Waals surface area contributed by atoms with Crippen LogP contribution in [0.3, 0.4) is 0 Å². The van der Waals surface area contributed by atoms with Crippen LogP contribution in [0.1, 0.15) is 34.1 Å². The monoisotopic (exact) mass is 294 g/mol. The molecular formula is C13H14N2O4S. The van der Waals surface area contributed by atoms with Crippen molar-refractivity contribution in [1.29, 1.82) is 0 Å². The van der Waals surface area contributed by atoms with E-state index in [2.05, 4.69) is 4.98 Å². The van der Waals surface area contributed by atoms with Crippen molar-refractivity contribution in [3.8, 4) is 0 Å². The minimum atomic E-state index is -0.416. The highest BCUT2D eigenvalue weighted by atomic mass is 32.1. The van der Waals surface area contributed by atoms with Crippen LogP contribution < -0.4 is 11.2 Å². The van der Waals surface area contributed by atoms with Crippen molar-refractivity contribution in [3.63, 3.8) is 0 Å². The summed E-state index contributed by atoms with van der Waals surface area (Å²) in [5.41, 5.74) is -0.0940. The molecule has 7 heteroatoms. The maximum Gasteiger partial charge on any atom is 0.329 e. The summed E-state index contributed by atoms with van der Waals surface area (Å²) in [6.45, 7) is 1.73. The summed E-state index contributed by atoms with van der Waals surface area (Å²) < 4.78 is 6.43. The molecular weight excluding hydrogens is 280 g/mol. The minimum absolute atomic E-state index is 0.108. The Morgan fingerprint density at radius 1 is 1.40 bits per heavy atom. The third kappa shape index (κ3) is 1.77. The summed E-state index contributed by atoms with van der Waals surface area (Å²) in [6.07, 6.45) is 2.15. The fourth-order valence-electron chi connectivity index (χ4n) is 2.63. The fraction of sp³-hybridized carbons (Fsp3) is 0.462. The molecule has 0 spiro atoms. The smallest absolute Gasteiger partial charge is 0.329 e. The number of carbonyl (C=O) groups is 1. The number of rotatable bonds is 3. The van der Waals surface area contributed by atoms with Crippen molar-refractivity contribution in [2.75, 3.05) is 7.11 Å². The van der Waals surface area contributed by atoms with Crippen molar-refractivity contribution in [3.05, 3.63) is 31.3 Å². The number of hydrogen-bond donors (Lipinski definition) is 1. The third-order valence-electron chi connectivity index (χ3n) is 3.93. The second-order valence-corrected chi connectivity index (χ2v) is 6.05. The van der Waals surface area contributed by atoms with Crippen LogP contribution in [-0.4, -0.2) is 29.1 Å². The topological polar surface area (TPSA) is 81.2 Å². The van der Waals surface area contributed by atoms with Crippen molar-refractivity contribution in [2.24, 2.45) is 0 Å². The number of carbonyl (C=O) groups excluding carboxylic acids is 1. The molecule has 0 aromatic carbocycles. The van der Waals surface area contributed by atoms with Crippen LogP contribution in [0.4, 0.5) is 0 Å². The molecule has 0 aliphatic heterocycles. The molecule has 2 aromatic rings. The first-order valence-corrected chi connectivity index (χ1v) is 7.14. The molecule has 1 aliphatic rings. The van der Waals surface area contributed by atoms with Gasteiger partial charge in [0.1, 0.15) is 4.83 Å². The van der Waals surface area contributed by atoms with E-state index >= 15 is 0 Å². The van der Waals surface area contributed by atoms with Gasteiger partial charge in [-0.15, -0.1) is 11.3 Å². The Morgan fingerprint density at radius 3 is 2.70 bits per heavy atom. The largest absolute Gasteiger partial charge is 0.381 e. The van der Waals surface area contributed by atoms with E-state index in [1.54, 1.807) is 14.0 Å². The first-order chi connectivity index (χ1) is 9.56. The van der Waals surface area contributed by atoms with Gasteiger partial charge < -0.3 is 4.74 Å². The van der Waals surface area contributed by atoms with Gasteiger partial charge >= 0.3 is 5.69 Å². The summed E-state index contributed by atoms with van der Waals surface area (Å²) in [5.74, 6) is 0. The van der Waals surface area contributed by atoms with Gasteiger partial charge in [0, 0.05) is 13.2 Å². The number of aryl methyl sites for hydroxylation is 1. The summed E-state index contributed by atoms with van der Waals surface area (Å²) >= 11 is 1.14. The number of methoxy groups -OCH3 is 1. The number of aromatic nitrogens is 2. The van der Waals surface area contributed by atoms with Gasteiger partial charge in [0.25, 0.3) is 5.56 Å². The zero-order chi connectivity index (χ0) is 14.4. The van der Waals surface area contributed by atoms with Crippen molar-refractivity contribution < 1.29 is 9.53 Å². The van der Waals surface area contributed by atoms with E-state index in [1.165, 1.54) is 4.57 Å². The van der Waals surface area contributed by atoms with E-state index < -0.39 is 5.69 Å². The lowest BCUT2D eigenvalue weighted by Crippen LogP contribution is -2.45. The molecule has 1 fully saturated rings. The van der Waals surface area contributed by atoms with Crippen LogP contribution >= 0.6 is 11.3 Å². The highest BCUT2D eigenvalue weighted by Crippen LogP contribution is 2.33. The fourth-order valence-corrected chi connectivity index (χ4v) is 3.64. The van der Waals surface area contributed by atoms with Crippen LogP contribution in [-0.2, 0) is 4.74 Å². The molecule has 106 valence electrons. The predicted molar refractivity (Wildman–Crippen MR) is 75.9 cm³/mol. The normalized spacial score (nSPS) is 21.9. The number of ether oxygens (including phenoxy) is 1. The standard InChI is InChI=1S/C13H14N2O4S/c1-6-9(5-16)20-11-10(6)12(17)15(13(18)14-11)7-3-8(4-7)19-2/h5,7-8H,3-4H2,1-2H3,(H,14,18). The summed E-state index contributed by atoms with van der Waals surface area (Å²) in [6, 6.07) is -0.125. The Hall–Kier alpha value is -1.73. The van der Waals surface area contributed by atoms with E-state index in [1.807, 2.05) is 0 Å². The quantitative estimate of drug-likeness (QED) is 0.863. The number of aromatic amines is 1. The summed E-state index contributed by atoms with van der Waals surface area (Å²) in [7, 11) is 1.62. The second-order valence-electron chi connectivity index (χ2n) is 5.00. The van der Waals surface area contributed by atoms with Crippen LogP contribution in [0.15, 0.2) is 9.59 Å². The lowest BCUT2D eigenvalue weighted by atomic mass is 9.89. The Kier molecular flexibility index (Phi) is 3.10. The molecule has 1 aliphatic carbocycles. The van der Waals surface area contributed by atoms with E-state index in [9.17, 15) is 14.4 Å². The number of nitrogens with one attached hydrogen (secondary N) is 1. The molecule has 0 bridgehead atoms. The van der Waals surface area contributed by atoms with E-state index in [-0.39, 0.29) is 17.7 Å². The Labute approximate surface area is 118 Å². The highest BCUT2D eigenvalue weighted by molar-refractivity contribution is 7.20. The average Bonchev–Trinajstić information content (AvgIpc) is 2.68. The number of fused-ring (bicyclic) bond motifs is 1. The van der Waals surface area contributed by atoms with Crippen LogP contribution in [0, 0.1) is 6.92 Å². The average molecular weight is 294 g/mol. The molecule has 2 aromatic heterocycles. The van der Waals surface area contributed by atoms with Crippen LogP contribution in [0.25, 0.3) is 10.2 Å². The van der Waals surface area contributed by atoms with Gasteiger partial charge in [-0.05, 0) is 25.3 Å². The zero-order valence-electron chi connectivity index (χ0n) is 11.1. The number of nitrogens with zero attached hydrogens (tertiary/aromatic N) is 1. The first kappa shape index (κ1) is 13.3. The van der Waals surface area contributed by atoms with Crippen molar-refractivity contribution in [2.45, 2.75) is 31.9 Å². The highest BCUT2D eigenvalue weighted by Gasteiger charge is 2.33. The summed E-state index contributed by atoms with van der Waals surface area (Å²) in [5, 5.41) is 0.442. The molecule has 0 saturated heterocycles. The summed E-state index contributed by atoms with van der Waals surface area (Å²) in [4.78, 5) is 39.2. The van der Waals surface area contributed by atoms with Crippen LogP contribution in [0.2, 0.25) is 0 Å². The molecule has 1 N–H and O–H groups in total. The number of hydrogen-bond acceptors (Lipinski definition) is 5. The number of thiophene rings is 1. The lowest BCUT2D eigenvalue weighted by molar-refractivity contribution is 0.00403. The molecule has 6 nitrogen and oxygen atoms in total. The van der Waals surface area contributed by atoms with Gasteiger partial charge in [-0.25, -0.2) is 4.79 Å². The molecule has 1 saturated carbocycles. The molecule has 2 heterocycles. The van der Waals surface area contributed by atoms with Gasteiger partial charge in [0.15, 0.2) is 6.29 Å².